The van der Waals surface area contributed by atoms with Gasteiger partial charge in [0.1, 0.15) is 12.6 Å². The number of benzene rings is 1. The Labute approximate surface area is 144 Å². The van der Waals surface area contributed by atoms with Crippen molar-refractivity contribution in [3.05, 3.63) is 41.5 Å². The monoisotopic (exact) mass is 336 g/mol. The minimum absolute atomic E-state index is 0.0209. The highest BCUT2D eigenvalue weighted by Gasteiger charge is 2.19. The van der Waals surface area contributed by atoms with Gasteiger partial charge < -0.3 is 19.8 Å². The largest absolute Gasteiger partial charge is 0.393 e. The summed E-state index contributed by atoms with van der Waals surface area (Å²) in [6, 6.07) is 7.43. The van der Waals surface area contributed by atoms with Crippen molar-refractivity contribution in [1.82, 2.24) is 0 Å². The van der Waals surface area contributed by atoms with Crippen LogP contribution in [0.25, 0.3) is 6.08 Å². The van der Waals surface area contributed by atoms with Crippen LogP contribution in [0, 0.1) is 0 Å². The van der Waals surface area contributed by atoms with Gasteiger partial charge in [0, 0.05) is 6.42 Å². The maximum atomic E-state index is 11.9. The van der Waals surface area contributed by atoms with Gasteiger partial charge in [-0.25, -0.2) is 0 Å². The highest BCUT2D eigenvalue weighted by atomic mass is 16.3. The zero-order valence-corrected chi connectivity index (χ0v) is 14.7. The lowest BCUT2D eigenvalue weighted by atomic mass is 10.1. The summed E-state index contributed by atoms with van der Waals surface area (Å²) < 4.78 is 0.628. The molecule has 0 bridgehead atoms. The maximum Gasteiger partial charge on any atom is 0.155 e. The van der Waals surface area contributed by atoms with Crippen molar-refractivity contribution < 1.29 is 24.6 Å². The third-order valence-corrected chi connectivity index (χ3v) is 3.98. The fourth-order valence-corrected chi connectivity index (χ4v) is 2.57. The molecule has 0 spiro atoms. The Morgan fingerprint density at radius 3 is 2.42 bits per heavy atom. The molecular weight excluding hydrogens is 306 g/mol. The van der Waals surface area contributed by atoms with Gasteiger partial charge in [-0.05, 0) is 30.0 Å². The molecule has 0 aromatic heterocycles. The molecule has 5 nitrogen and oxygen atoms in total. The third-order valence-electron chi connectivity index (χ3n) is 3.98. The zero-order valence-electron chi connectivity index (χ0n) is 14.7. The molecule has 0 fully saturated rings. The quantitative estimate of drug-likeness (QED) is 0.324. The molecule has 0 radical (unpaired) electrons. The number of aliphatic hydroxyl groups is 3. The van der Waals surface area contributed by atoms with Crippen LogP contribution in [0.4, 0.5) is 0 Å². The Hall–Kier alpha value is -1.53. The van der Waals surface area contributed by atoms with Gasteiger partial charge in [-0.2, -0.15) is 0 Å². The molecule has 0 aliphatic heterocycles. The minimum atomic E-state index is -0.693. The number of ketones is 1. The molecule has 1 aromatic carbocycles. The Morgan fingerprint density at radius 2 is 1.83 bits per heavy atom. The standard InChI is InChI=1S/C19H30NO4/c1-20(2,13-19(24)15-22)12-4-3-5-18(23)11-10-16-6-8-17(14-21)9-7-16/h6-11,19,21-22,24H,3-5,12-15H2,1-2H3/q+1/b11-10+. The van der Waals surface area contributed by atoms with Crippen molar-refractivity contribution in [3.63, 3.8) is 0 Å². The van der Waals surface area contributed by atoms with E-state index in [2.05, 4.69) is 0 Å². The number of likely N-dealkylation sites (N-methyl/N-ethyl adjacent to an activating group) is 1. The van der Waals surface area contributed by atoms with Crippen LogP contribution in [0.15, 0.2) is 30.3 Å². The summed E-state index contributed by atoms with van der Waals surface area (Å²) in [7, 11) is 4.02. The van der Waals surface area contributed by atoms with E-state index < -0.39 is 6.10 Å². The van der Waals surface area contributed by atoms with E-state index >= 15 is 0 Å². The van der Waals surface area contributed by atoms with Crippen molar-refractivity contribution in [3.8, 4) is 0 Å². The molecule has 3 N–H and O–H groups in total. The number of nitrogens with zero attached hydrogens (tertiary/aromatic N) is 1. The number of quaternary nitrogens is 1. The van der Waals surface area contributed by atoms with Crippen LogP contribution in [-0.4, -0.2) is 65.5 Å². The van der Waals surface area contributed by atoms with Crippen LogP contribution in [0.2, 0.25) is 0 Å². The van der Waals surface area contributed by atoms with E-state index in [1.807, 2.05) is 38.4 Å². The van der Waals surface area contributed by atoms with Crippen LogP contribution in [-0.2, 0) is 11.4 Å². The van der Waals surface area contributed by atoms with Gasteiger partial charge in [0.2, 0.25) is 0 Å². The van der Waals surface area contributed by atoms with Crippen molar-refractivity contribution in [2.24, 2.45) is 0 Å². The SMILES string of the molecule is C[N+](C)(CCCCC(=O)/C=C/c1ccc(CO)cc1)CC(O)CO. The Kier molecular flexibility index (Phi) is 8.85. The predicted octanol–water partition coefficient (Wildman–Crippen LogP) is 1.36. The van der Waals surface area contributed by atoms with E-state index in [1.165, 1.54) is 0 Å². The molecule has 0 heterocycles. The van der Waals surface area contributed by atoms with Gasteiger partial charge in [-0.3, -0.25) is 4.79 Å². The molecule has 0 aliphatic carbocycles. The summed E-state index contributed by atoms with van der Waals surface area (Å²) in [6.07, 6.45) is 4.92. The Bertz CT molecular complexity index is 523. The summed E-state index contributed by atoms with van der Waals surface area (Å²) in [5, 5.41) is 27.4. The van der Waals surface area contributed by atoms with Crippen LogP contribution >= 0.6 is 0 Å². The van der Waals surface area contributed by atoms with Crippen LogP contribution in [0.3, 0.4) is 0 Å². The number of aliphatic hydroxyl groups excluding tert-OH is 3. The molecule has 5 heteroatoms. The van der Waals surface area contributed by atoms with Crippen molar-refractivity contribution in [2.75, 3.05) is 33.8 Å². The second kappa shape index (κ2) is 10.4. The first-order valence-corrected chi connectivity index (χ1v) is 8.38. The highest BCUT2D eigenvalue weighted by Crippen LogP contribution is 2.09. The molecule has 0 saturated heterocycles. The first kappa shape index (κ1) is 20.5. The smallest absolute Gasteiger partial charge is 0.155 e. The lowest BCUT2D eigenvalue weighted by Gasteiger charge is -2.31. The van der Waals surface area contributed by atoms with Crippen LogP contribution < -0.4 is 0 Å². The molecular formula is C19H30NO4+. The number of rotatable bonds is 11. The molecule has 1 rings (SSSR count). The van der Waals surface area contributed by atoms with Crippen molar-refractivity contribution >= 4 is 11.9 Å². The minimum Gasteiger partial charge on any atom is -0.393 e. The molecule has 24 heavy (non-hydrogen) atoms. The normalized spacial score (nSPS) is 13.4. The topological polar surface area (TPSA) is 77.8 Å². The number of allylic oxidation sites excluding steroid dienone is 1. The summed E-state index contributed by atoms with van der Waals surface area (Å²) >= 11 is 0. The van der Waals surface area contributed by atoms with Gasteiger partial charge in [-0.15, -0.1) is 0 Å². The zero-order chi connectivity index (χ0) is 18.0. The molecule has 1 unspecified atom stereocenters. The fourth-order valence-electron chi connectivity index (χ4n) is 2.57. The average molecular weight is 336 g/mol. The van der Waals surface area contributed by atoms with E-state index in [9.17, 15) is 9.90 Å². The molecule has 0 saturated carbocycles. The van der Waals surface area contributed by atoms with Gasteiger partial charge >= 0.3 is 0 Å². The predicted molar refractivity (Wildman–Crippen MR) is 95.2 cm³/mol. The van der Waals surface area contributed by atoms with Gasteiger partial charge in [0.05, 0.1) is 33.9 Å². The number of hydrogen-bond acceptors (Lipinski definition) is 4. The maximum absolute atomic E-state index is 11.9. The molecule has 1 atom stereocenters. The highest BCUT2D eigenvalue weighted by molar-refractivity contribution is 5.93. The second-order valence-corrected chi connectivity index (χ2v) is 6.83. The van der Waals surface area contributed by atoms with Crippen LogP contribution in [0.1, 0.15) is 30.4 Å². The van der Waals surface area contributed by atoms with Gasteiger partial charge in [0.15, 0.2) is 5.78 Å². The lowest BCUT2D eigenvalue weighted by Crippen LogP contribution is -2.46. The fraction of sp³-hybridized carbons (Fsp3) is 0.526. The first-order chi connectivity index (χ1) is 11.4. The molecule has 1 aromatic rings. The lowest BCUT2D eigenvalue weighted by molar-refractivity contribution is -0.893. The Morgan fingerprint density at radius 1 is 1.17 bits per heavy atom. The van der Waals surface area contributed by atoms with E-state index in [4.69, 9.17) is 10.2 Å². The van der Waals surface area contributed by atoms with Gasteiger partial charge in [-0.1, -0.05) is 30.3 Å². The molecule has 134 valence electrons. The van der Waals surface area contributed by atoms with Crippen molar-refractivity contribution in [1.29, 1.82) is 0 Å². The number of hydrogen-bond donors (Lipinski definition) is 3. The summed E-state index contributed by atoms with van der Waals surface area (Å²) in [6.45, 7) is 1.17. The first-order valence-electron chi connectivity index (χ1n) is 8.38. The van der Waals surface area contributed by atoms with E-state index in [-0.39, 0.29) is 19.0 Å². The van der Waals surface area contributed by atoms with Crippen molar-refractivity contribution in [2.45, 2.75) is 32.0 Å². The summed E-state index contributed by atoms with van der Waals surface area (Å²) in [5.41, 5.74) is 1.79. The average Bonchev–Trinajstić information content (AvgIpc) is 2.56. The number of carbonyl (C=O) groups is 1. The van der Waals surface area contributed by atoms with E-state index in [1.54, 1.807) is 12.2 Å². The number of carbonyl (C=O) groups excluding carboxylic acids is 1. The Balaban J connectivity index is 2.29. The second-order valence-electron chi connectivity index (χ2n) is 6.83. The number of unbranched alkanes of at least 4 members (excludes halogenated alkanes) is 1. The van der Waals surface area contributed by atoms with Gasteiger partial charge in [0.25, 0.3) is 0 Å². The molecule has 0 aliphatic rings. The van der Waals surface area contributed by atoms with Crippen LogP contribution in [0.5, 0.6) is 0 Å². The molecule has 0 amide bonds. The third kappa shape index (κ3) is 8.36. The summed E-state index contributed by atoms with van der Waals surface area (Å²) in [5.74, 6) is 0.0990. The summed E-state index contributed by atoms with van der Waals surface area (Å²) in [4.78, 5) is 11.9. The van der Waals surface area contributed by atoms with E-state index in [0.29, 0.717) is 17.4 Å². The van der Waals surface area contributed by atoms with E-state index in [0.717, 1.165) is 30.5 Å².